The molecule has 0 aliphatic rings. The quantitative estimate of drug-likeness (QED) is 0.741. The molecule has 0 aliphatic heterocycles. The number of nitrogens with one attached hydrogen (secondary N) is 1. The highest BCUT2D eigenvalue weighted by molar-refractivity contribution is 5.50. The van der Waals surface area contributed by atoms with Crippen LogP contribution in [0.5, 0.6) is 0 Å². The number of nitrogens with zero attached hydrogens (tertiary/aromatic N) is 3. The van der Waals surface area contributed by atoms with Crippen molar-refractivity contribution in [2.75, 3.05) is 5.32 Å². The zero-order chi connectivity index (χ0) is 9.84. The van der Waals surface area contributed by atoms with E-state index in [9.17, 15) is 0 Å². The van der Waals surface area contributed by atoms with Crippen molar-refractivity contribution in [3.05, 3.63) is 17.6 Å². The van der Waals surface area contributed by atoms with E-state index >= 15 is 0 Å². The van der Waals surface area contributed by atoms with Crippen LogP contribution in [-0.4, -0.2) is 16.0 Å². The van der Waals surface area contributed by atoms with E-state index in [-0.39, 0.29) is 6.04 Å². The van der Waals surface area contributed by atoms with Crippen molar-refractivity contribution in [1.82, 2.24) is 9.97 Å². The predicted molar refractivity (Wildman–Crippen MR) is 50.2 cm³/mol. The number of rotatable bonds is 2. The Morgan fingerprint density at radius 1 is 1.54 bits per heavy atom. The molecule has 0 radical (unpaired) electrons. The zero-order valence-corrected chi connectivity index (χ0v) is 8.00. The molecule has 1 aromatic rings. The van der Waals surface area contributed by atoms with Gasteiger partial charge < -0.3 is 5.32 Å². The lowest BCUT2D eigenvalue weighted by atomic mass is 10.3. The van der Waals surface area contributed by atoms with Gasteiger partial charge in [0.25, 0.3) is 0 Å². The molecule has 1 rings (SSSR count). The van der Waals surface area contributed by atoms with E-state index in [1.165, 1.54) is 6.20 Å². The van der Waals surface area contributed by atoms with Gasteiger partial charge >= 0.3 is 0 Å². The second-order valence-electron chi connectivity index (χ2n) is 3.09. The van der Waals surface area contributed by atoms with Gasteiger partial charge in [0, 0.05) is 6.04 Å². The van der Waals surface area contributed by atoms with E-state index in [2.05, 4.69) is 15.3 Å². The van der Waals surface area contributed by atoms with Crippen LogP contribution in [0.15, 0.2) is 6.20 Å². The Morgan fingerprint density at radius 2 is 2.23 bits per heavy atom. The summed E-state index contributed by atoms with van der Waals surface area (Å²) >= 11 is 0. The molecule has 0 saturated carbocycles. The average molecular weight is 176 g/mol. The summed E-state index contributed by atoms with van der Waals surface area (Å²) < 4.78 is 0. The molecule has 0 saturated heterocycles. The molecule has 68 valence electrons. The van der Waals surface area contributed by atoms with Gasteiger partial charge in [-0.25, -0.2) is 9.97 Å². The number of hydrogen-bond donors (Lipinski definition) is 1. The van der Waals surface area contributed by atoms with Crippen LogP contribution in [0.4, 0.5) is 5.82 Å². The highest BCUT2D eigenvalue weighted by Crippen LogP contribution is 2.10. The molecule has 4 nitrogen and oxygen atoms in total. The van der Waals surface area contributed by atoms with Crippen LogP contribution >= 0.6 is 0 Å². The van der Waals surface area contributed by atoms with E-state index in [1.807, 2.05) is 19.9 Å². The summed E-state index contributed by atoms with van der Waals surface area (Å²) in [6, 6.07) is 2.31. The third-order valence-corrected chi connectivity index (χ3v) is 1.46. The normalized spacial score (nSPS) is 9.77. The fraction of sp³-hybridized carbons (Fsp3) is 0.444. The first-order valence-electron chi connectivity index (χ1n) is 4.13. The van der Waals surface area contributed by atoms with Crippen molar-refractivity contribution in [1.29, 1.82) is 5.26 Å². The third-order valence-electron chi connectivity index (χ3n) is 1.46. The first-order valence-corrected chi connectivity index (χ1v) is 4.13. The van der Waals surface area contributed by atoms with Crippen molar-refractivity contribution < 1.29 is 0 Å². The molecule has 0 aromatic carbocycles. The standard InChI is InChI=1S/C9H12N4/c1-6(2)12-9-8(4-10)5-11-7(3)13-9/h5-6H,1-3H3,(H,11,12,13). The molecule has 0 aliphatic carbocycles. The summed E-state index contributed by atoms with van der Waals surface area (Å²) in [4.78, 5) is 8.08. The van der Waals surface area contributed by atoms with Crippen LogP contribution in [-0.2, 0) is 0 Å². The Kier molecular flexibility index (Phi) is 2.80. The molecule has 4 heteroatoms. The Labute approximate surface area is 77.6 Å². The third kappa shape index (κ3) is 2.41. The van der Waals surface area contributed by atoms with Gasteiger partial charge in [-0.2, -0.15) is 5.26 Å². The second-order valence-corrected chi connectivity index (χ2v) is 3.09. The summed E-state index contributed by atoms with van der Waals surface area (Å²) in [7, 11) is 0. The van der Waals surface area contributed by atoms with Gasteiger partial charge in [0.15, 0.2) is 0 Å². The lowest BCUT2D eigenvalue weighted by molar-refractivity contribution is 0.878. The number of nitriles is 1. The smallest absolute Gasteiger partial charge is 0.147 e. The summed E-state index contributed by atoms with van der Waals surface area (Å²) in [5.74, 6) is 1.28. The average Bonchev–Trinajstić information content (AvgIpc) is 2.03. The molecule has 1 heterocycles. The van der Waals surface area contributed by atoms with Gasteiger partial charge in [-0.15, -0.1) is 0 Å². The minimum Gasteiger partial charge on any atom is -0.367 e. The topological polar surface area (TPSA) is 61.6 Å². The minimum absolute atomic E-state index is 0.265. The number of aryl methyl sites for hydroxylation is 1. The Balaban J connectivity index is 3.03. The van der Waals surface area contributed by atoms with Gasteiger partial charge in [0.2, 0.25) is 0 Å². The lowest BCUT2D eigenvalue weighted by Gasteiger charge is -2.09. The van der Waals surface area contributed by atoms with Crippen molar-refractivity contribution in [3.8, 4) is 6.07 Å². The number of anilines is 1. The van der Waals surface area contributed by atoms with Gasteiger partial charge in [0.1, 0.15) is 23.3 Å². The molecule has 0 bridgehead atoms. The first-order chi connectivity index (χ1) is 6.13. The highest BCUT2D eigenvalue weighted by atomic mass is 15.0. The molecular formula is C9H12N4. The molecule has 0 atom stereocenters. The maximum Gasteiger partial charge on any atom is 0.147 e. The zero-order valence-electron chi connectivity index (χ0n) is 8.00. The SMILES string of the molecule is Cc1ncc(C#N)c(NC(C)C)n1. The van der Waals surface area contributed by atoms with Crippen LogP contribution in [0.25, 0.3) is 0 Å². The van der Waals surface area contributed by atoms with Crippen LogP contribution in [0, 0.1) is 18.3 Å². The fourth-order valence-corrected chi connectivity index (χ4v) is 0.935. The summed E-state index contributed by atoms with van der Waals surface area (Å²) in [5.41, 5.74) is 0.485. The maximum atomic E-state index is 8.75. The summed E-state index contributed by atoms with van der Waals surface area (Å²) in [5, 5.41) is 11.8. The largest absolute Gasteiger partial charge is 0.367 e. The summed E-state index contributed by atoms with van der Waals surface area (Å²) in [6.45, 7) is 5.80. The highest BCUT2D eigenvalue weighted by Gasteiger charge is 2.05. The van der Waals surface area contributed by atoms with Crippen molar-refractivity contribution >= 4 is 5.82 Å². The van der Waals surface area contributed by atoms with E-state index in [4.69, 9.17) is 5.26 Å². The predicted octanol–water partition coefficient (Wildman–Crippen LogP) is 1.48. The molecule has 13 heavy (non-hydrogen) atoms. The molecule has 0 fully saturated rings. The Hall–Kier alpha value is -1.63. The Bertz CT molecular complexity index is 338. The second kappa shape index (κ2) is 3.85. The lowest BCUT2D eigenvalue weighted by Crippen LogP contribution is -2.13. The van der Waals surface area contributed by atoms with E-state index in [0.717, 1.165) is 0 Å². The number of hydrogen-bond acceptors (Lipinski definition) is 4. The number of aromatic nitrogens is 2. The first kappa shape index (κ1) is 9.46. The minimum atomic E-state index is 0.265. The van der Waals surface area contributed by atoms with Crippen LogP contribution < -0.4 is 5.32 Å². The monoisotopic (exact) mass is 176 g/mol. The van der Waals surface area contributed by atoms with Gasteiger partial charge in [-0.3, -0.25) is 0 Å². The van der Waals surface area contributed by atoms with Crippen molar-refractivity contribution in [2.45, 2.75) is 26.8 Å². The van der Waals surface area contributed by atoms with Gasteiger partial charge in [0.05, 0.1) is 6.20 Å². The van der Waals surface area contributed by atoms with Crippen molar-refractivity contribution in [3.63, 3.8) is 0 Å². The molecule has 0 amide bonds. The van der Waals surface area contributed by atoms with E-state index in [0.29, 0.717) is 17.2 Å². The molecule has 1 aromatic heterocycles. The van der Waals surface area contributed by atoms with Crippen LogP contribution in [0.1, 0.15) is 25.2 Å². The van der Waals surface area contributed by atoms with Crippen LogP contribution in [0.2, 0.25) is 0 Å². The van der Waals surface area contributed by atoms with E-state index < -0.39 is 0 Å². The Morgan fingerprint density at radius 3 is 2.77 bits per heavy atom. The molecule has 0 unspecified atom stereocenters. The molecular weight excluding hydrogens is 164 g/mol. The fourth-order valence-electron chi connectivity index (χ4n) is 0.935. The van der Waals surface area contributed by atoms with Crippen LogP contribution in [0.3, 0.4) is 0 Å². The maximum absolute atomic E-state index is 8.75. The molecule has 0 spiro atoms. The summed E-state index contributed by atoms with van der Waals surface area (Å²) in [6.07, 6.45) is 1.53. The molecule has 1 N–H and O–H groups in total. The van der Waals surface area contributed by atoms with Gasteiger partial charge in [-0.1, -0.05) is 0 Å². The van der Waals surface area contributed by atoms with E-state index in [1.54, 1.807) is 6.92 Å². The van der Waals surface area contributed by atoms with Gasteiger partial charge in [-0.05, 0) is 20.8 Å². The van der Waals surface area contributed by atoms with Crippen molar-refractivity contribution in [2.24, 2.45) is 0 Å².